The summed E-state index contributed by atoms with van der Waals surface area (Å²) < 4.78 is 32.3. The number of rotatable bonds is 4. The van der Waals surface area contributed by atoms with Crippen LogP contribution in [0.4, 0.5) is 14.5 Å². The van der Waals surface area contributed by atoms with E-state index in [1.54, 1.807) is 6.07 Å². The molecule has 1 aromatic carbocycles. The maximum Gasteiger partial charge on any atom is 0.307 e. The summed E-state index contributed by atoms with van der Waals surface area (Å²) in [5.41, 5.74) is -0.715. The van der Waals surface area contributed by atoms with Gasteiger partial charge in [-0.3, -0.25) is 10.1 Å². The monoisotopic (exact) mass is 296 g/mol. The molecule has 8 heteroatoms. The summed E-state index contributed by atoms with van der Waals surface area (Å²) >= 11 is 0. The van der Waals surface area contributed by atoms with Gasteiger partial charge in [0.25, 0.3) is 0 Å². The van der Waals surface area contributed by atoms with Crippen LogP contribution in [0, 0.1) is 21.7 Å². The van der Waals surface area contributed by atoms with Gasteiger partial charge in [-0.05, 0) is 19.1 Å². The number of benzene rings is 1. The zero-order chi connectivity index (χ0) is 15.6. The molecular formula is C13H10F2N2O4. The van der Waals surface area contributed by atoms with Gasteiger partial charge >= 0.3 is 5.69 Å². The Labute approximate surface area is 117 Å². The summed E-state index contributed by atoms with van der Waals surface area (Å²) in [7, 11) is 0. The predicted octanol–water partition coefficient (Wildman–Crippen LogP) is 3.11. The van der Waals surface area contributed by atoms with E-state index in [0.717, 1.165) is 0 Å². The number of aromatic nitrogens is 1. The molecule has 0 saturated heterocycles. The van der Waals surface area contributed by atoms with Gasteiger partial charge in [0.15, 0.2) is 11.6 Å². The number of hydrogen-bond acceptors (Lipinski definition) is 5. The van der Waals surface area contributed by atoms with Crippen molar-refractivity contribution in [3.8, 4) is 11.6 Å². The Balaban J connectivity index is 2.41. The molecule has 21 heavy (non-hydrogen) atoms. The molecule has 2 aromatic rings. The minimum Gasteiger partial charge on any atom is -0.435 e. The van der Waals surface area contributed by atoms with Gasteiger partial charge in [-0.2, -0.15) is 4.39 Å². The number of hydrogen-bond donors (Lipinski definition) is 1. The number of nitrogens with zero attached hydrogens (tertiary/aromatic N) is 2. The van der Waals surface area contributed by atoms with E-state index in [1.807, 2.05) is 0 Å². The molecule has 110 valence electrons. The van der Waals surface area contributed by atoms with Crippen LogP contribution >= 0.6 is 0 Å². The molecule has 1 heterocycles. The molecule has 0 bridgehead atoms. The molecule has 1 aromatic heterocycles. The summed E-state index contributed by atoms with van der Waals surface area (Å²) in [6.45, 7) is 1.46. The minimum atomic E-state index is -1.23. The van der Waals surface area contributed by atoms with Crippen LogP contribution in [0.15, 0.2) is 30.5 Å². The number of halogens is 2. The topological polar surface area (TPSA) is 85.5 Å². The molecule has 0 amide bonds. The highest BCUT2D eigenvalue weighted by molar-refractivity contribution is 5.41. The van der Waals surface area contributed by atoms with Crippen molar-refractivity contribution in [2.45, 2.75) is 13.0 Å². The number of nitro benzene ring substituents is 1. The third-order valence-corrected chi connectivity index (χ3v) is 2.66. The standard InChI is InChI=1S/C13H10F2N2O4/c1-7(18)8-3-2-4-16-13(8)21-12-6-9(14)11(17(19)20)5-10(12)15/h2-7,18H,1H3/t7-/m0/s1. The first-order valence-corrected chi connectivity index (χ1v) is 5.84. The first-order chi connectivity index (χ1) is 9.90. The van der Waals surface area contributed by atoms with E-state index in [-0.39, 0.29) is 11.4 Å². The van der Waals surface area contributed by atoms with Crippen LogP contribution in [0.25, 0.3) is 0 Å². The van der Waals surface area contributed by atoms with E-state index in [4.69, 9.17) is 4.74 Å². The molecule has 1 N–H and O–H groups in total. The number of ether oxygens (including phenoxy) is 1. The van der Waals surface area contributed by atoms with E-state index in [1.165, 1.54) is 19.2 Å². The molecule has 6 nitrogen and oxygen atoms in total. The van der Waals surface area contributed by atoms with Crippen LogP contribution in [-0.4, -0.2) is 15.0 Å². The molecule has 0 unspecified atom stereocenters. The fraction of sp³-hybridized carbons (Fsp3) is 0.154. The van der Waals surface area contributed by atoms with E-state index < -0.39 is 34.1 Å². The fourth-order valence-electron chi connectivity index (χ4n) is 1.65. The van der Waals surface area contributed by atoms with Crippen molar-refractivity contribution >= 4 is 5.69 Å². The predicted molar refractivity (Wildman–Crippen MR) is 68.0 cm³/mol. The Morgan fingerprint density at radius 2 is 2.10 bits per heavy atom. The third-order valence-electron chi connectivity index (χ3n) is 2.66. The normalized spacial score (nSPS) is 12.0. The molecule has 0 spiro atoms. The fourth-order valence-corrected chi connectivity index (χ4v) is 1.65. The smallest absolute Gasteiger partial charge is 0.307 e. The highest BCUT2D eigenvalue weighted by Gasteiger charge is 2.21. The minimum absolute atomic E-state index is 0.111. The average Bonchev–Trinajstić information content (AvgIpc) is 2.42. The first kappa shape index (κ1) is 14.8. The van der Waals surface area contributed by atoms with Crippen LogP contribution in [0.2, 0.25) is 0 Å². The van der Waals surface area contributed by atoms with Crippen LogP contribution in [0.3, 0.4) is 0 Å². The lowest BCUT2D eigenvalue weighted by Gasteiger charge is -2.12. The summed E-state index contributed by atoms with van der Waals surface area (Å²) in [6.07, 6.45) is 0.417. The van der Waals surface area contributed by atoms with Crippen molar-refractivity contribution in [3.05, 3.63) is 57.8 Å². The van der Waals surface area contributed by atoms with E-state index in [9.17, 15) is 24.0 Å². The number of aliphatic hydroxyl groups excluding tert-OH is 1. The Bertz CT molecular complexity index is 692. The van der Waals surface area contributed by atoms with Gasteiger partial charge in [0.2, 0.25) is 11.7 Å². The summed E-state index contributed by atoms with van der Waals surface area (Å²) in [6, 6.07) is 4.04. The van der Waals surface area contributed by atoms with Gasteiger partial charge in [-0.1, -0.05) is 0 Å². The molecule has 1 atom stereocenters. The maximum atomic E-state index is 13.7. The van der Waals surface area contributed by atoms with Crippen molar-refractivity contribution in [2.24, 2.45) is 0 Å². The van der Waals surface area contributed by atoms with Gasteiger partial charge in [0.1, 0.15) is 0 Å². The summed E-state index contributed by atoms with van der Waals surface area (Å²) in [5.74, 6) is -3.01. The molecular weight excluding hydrogens is 286 g/mol. The molecule has 2 rings (SSSR count). The van der Waals surface area contributed by atoms with Gasteiger partial charge in [-0.25, -0.2) is 9.37 Å². The average molecular weight is 296 g/mol. The van der Waals surface area contributed by atoms with Crippen LogP contribution < -0.4 is 4.74 Å². The van der Waals surface area contributed by atoms with E-state index >= 15 is 0 Å². The largest absolute Gasteiger partial charge is 0.435 e. The highest BCUT2D eigenvalue weighted by atomic mass is 19.1. The van der Waals surface area contributed by atoms with E-state index in [2.05, 4.69) is 4.98 Å². The Hall–Kier alpha value is -2.61. The number of nitro groups is 1. The van der Waals surface area contributed by atoms with Crippen LogP contribution in [0.1, 0.15) is 18.6 Å². The summed E-state index contributed by atoms with van der Waals surface area (Å²) in [4.78, 5) is 13.3. The molecule has 0 saturated carbocycles. The lowest BCUT2D eigenvalue weighted by molar-refractivity contribution is -0.387. The van der Waals surface area contributed by atoms with Gasteiger partial charge in [0, 0.05) is 17.8 Å². The zero-order valence-corrected chi connectivity index (χ0v) is 10.8. The van der Waals surface area contributed by atoms with Crippen molar-refractivity contribution in [3.63, 3.8) is 0 Å². The zero-order valence-electron chi connectivity index (χ0n) is 10.8. The van der Waals surface area contributed by atoms with E-state index in [0.29, 0.717) is 12.1 Å². The van der Waals surface area contributed by atoms with Gasteiger partial charge in [0.05, 0.1) is 17.1 Å². The second kappa shape index (κ2) is 5.80. The SMILES string of the molecule is C[C@H](O)c1cccnc1Oc1cc(F)c([N+](=O)[O-])cc1F. The Morgan fingerprint density at radius 1 is 1.38 bits per heavy atom. The Kier molecular flexibility index (Phi) is 4.08. The van der Waals surface area contributed by atoms with Crippen LogP contribution in [-0.2, 0) is 0 Å². The van der Waals surface area contributed by atoms with Crippen molar-refractivity contribution in [1.82, 2.24) is 4.98 Å². The second-order valence-electron chi connectivity index (χ2n) is 4.17. The summed E-state index contributed by atoms with van der Waals surface area (Å²) in [5, 5.41) is 20.0. The molecule has 0 radical (unpaired) electrons. The Morgan fingerprint density at radius 3 is 2.71 bits per heavy atom. The second-order valence-corrected chi connectivity index (χ2v) is 4.17. The third kappa shape index (κ3) is 3.11. The maximum absolute atomic E-state index is 13.7. The highest BCUT2D eigenvalue weighted by Crippen LogP contribution is 2.32. The van der Waals surface area contributed by atoms with Crippen molar-refractivity contribution < 1.29 is 23.5 Å². The molecule has 0 aliphatic heterocycles. The van der Waals surface area contributed by atoms with Crippen molar-refractivity contribution in [1.29, 1.82) is 0 Å². The molecule has 0 aliphatic rings. The van der Waals surface area contributed by atoms with Crippen LogP contribution in [0.5, 0.6) is 11.6 Å². The molecule has 0 fully saturated rings. The lowest BCUT2D eigenvalue weighted by Crippen LogP contribution is -2.01. The van der Waals surface area contributed by atoms with Crippen molar-refractivity contribution in [2.75, 3.05) is 0 Å². The number of aliphatic hydroxyl groups is 1. The quantitative estimate of drug-likeness (QED) is 0.692. The van der Waals surface area contributed by atoms with Gasteiger partial charge < -0.3 is 9.84 Å². The first-order valence-electron chi connectivity index (χ1n) is 5.84. The number of pyridine rings is 1. The lowest BCUT2D eigenvalue weighted by atomic mass is 10.2. The molecule has 0 aliphatic carbocycles. The van der Waals surface area contributed by atoms with Gasteiger partial charge in [-0.15, -0.1) is 0 Å².